The van der Waals surface area contributed by atoms with Crippen LogP contribution < -0.4 is 5.56 Å². The molecule has 6 nitrogen and oxygen atoms in total. The van der Waals surface area contributed by atoms with Crippen LogP contribution in [0.3, 0.4) is 0 Å². The first-order valence-corrected chi connectivity index (χ1v) is 8.82. The lowest BCUT2D eigenvalue weighted by Crippen LogP contribution is -2.30. The van der Waals surface area contributed by atoms with E-state index in [2.05, 4.69) is 9.88 Å². The quantitative estimate of drug-likeness (QED) is 0.675. The average Bonchev–Trinajstić information content (AvgIpc) is 3.14. The summed E-state index contributed by atoms with van der Waals surface area (Å²) in [6, 6.07) is 0. The Labute approximate surface area is 142 Å². The molecule has 0 unspecified atom stereocenters. The lowest BCUT2D eigenvalue weighted by molar-refractivity contribution is 0.0605. The number of esters is 1. The number of carbonyl (C=O) groups excluding carboxylic acids is 1. The molecule has 2 aromatic heterocycles. The van der Waals surface area contributed by atoms with Crippen molar-refractivity contribution in [2.75, 3.05) is 26.7 Å². The molecule has 124 valence electrons. The van der Waals surface area contributed by atoms with Gasteiger partial charge in [0.1, 0.15) is 9.71 Å². The maximum absolute atomic E-state index is 12.8. The van der Waals surface area contributed by atoms with Gasteiger partial charge in [-0.2, -0.15) is 0 Å². The second-order valence-corrected chi connectivity index (χ2v) is 7.09. The van der Waals surface area contributed by atoms with Gasteiger partial charge in [-0.25, -0.2) is 4.79 Å². The van der Waals surface area contributed by atoms with E-state index in [4.69, 9.17) is 17.0 Å². The summed E-state index contributed by atoms with van der Waals surface area (Å²) in [6.07, 6.45) is 2.43. The van der Waals surface area contributed by atoms with E-state index in [1.54, 1.807) is 11.5 Å². The smallest absolute Gasteiger partial charge is 0.348 e. The number of aromatic amines is 1. The highest BCUT2D eigenvalue weighted by Crippen LogP contribution is 2.27. The molecule has 8 heteroatoms. The largest absolute Gasteiger partial charge is 0.465 e. The van der Waals surface area contributed by atoms with Crippen molar-refractivity contribution in [2.24, 2.45) is 0 Å². The highest BCUT2D eigenvalue weighted by molar-refractivity contribution is 7.71. The first kappa shape index (κ1) is 16.4. The molecule has 0 aliphatic carbocycles. The van der Waals surface area contributed by atoms with Gasteiger partial charge in [-0.15, -0.1) is 11.3 Å². The molecule has 0 saturated carbocycles. The van der Waals surface area contributed by atoms with E-state index < -0.39 is 5.97 Å². The molecular formula is C15H19N3O3S2. The number of hydrogen-bond acceptors (Lipinski definition) is 6. The molecular weight excluding hydrogens is 334 g/mol. The van der Waals surface area contributed by atoms with E-state index in [1.165, 1.54) is 31.3 Å². The van der Waals surface area contributed by atoms with Crippen molar-refractivity contribution in [3.05, 3.63) is 25.6 Å². The third kappa shape index (κ3) is 2.98. The summed E-state index contributed by atoms with van der Waals surface area (Å²) < 4.78 is 6.77. The Morgan fingerprint density at radius 1 is 1.35 bits per heavy atom. The average molecular weight is 353 g/mol. The van der Waals surface area contributed by atoms with Crippen LogP contribution in [0.15, 0.2) is 4.79 Å². The molecule has 23 heavy (non-hydrogen) atoms. The number of thiophene rings is 1. The number of ether oxygens (including phenoxy) is 1. The molecule has 1 N–H and O–H groups in total. The van der Waals surface area contributed by atoms with E-state index in [1.807, 2.05) is 0 Å². The van der Waals surface area contributed by atoms with Crippen molar-refractivity contribution in [3.8, 4) is 0 Å². The number of likely N-dealkylation sites (tertiary alicyclic amines) is 1. The molecule has 3 heterocycles. The highest BCUT2D eigenvalue weighted by atomic mass is 32.1. The maximum atomic E-state index is 12.8. The first-order valence-electron chi connectivity index (χ1n) is 7.60. The van der Waals surface area contributed by atoms with Crippen LogP contribution in [-0.4, -0.2) is 47.2 Å². The summed E-state index contributed by atoms with van der Waals surface area (Å²) in [5.74, 6) is -0.425. The lowest BCUT2D eigenvalue weighted by Gasteiger charge is -2.15. The van der Waals surface area contributed by atoms with E-state index in [-0.39, 0.29) is 5.56 Å². The van der Waals surface area contributed by atoms with E-state index in [0.29, 0.717) is 32.0 Å². The molecule has 1 fully saturated rings. The van der Waals surface area contributed by atoms with Crippen molar-refractivity contribution in [3.63, 3.8) is 0 Å². The predicted molar refractivity (Wildman–Crippen MR) is 93.0 cm³/mol. The Morgan fingerprint density at radius 3 is 2.70 bits per heavy atom. The highest BCUT2D eigenvalue weighted by Gasteiger charge is 2.20. The molecule has 0 atom stereocenters. The minimum Gasteiger partial charge on any atom is -0.465 e. The topological polar surface area (TPSA) is 67.3 Å². The van der Waals surface area contributed by atoms with Crippen LogP contribution in [0.25, 0.3) is 10.2 Å². The fourth-order valence-electron chi connectivity index (χ4n) is 2.99. The molecule has 0 spiro atoms. The van der Waals surface area contributed by atoms with Crippen molar-refractivity contribution in [2.45, 2.75) is 26.3 Å². The van der Waals surface area contributed by atoms with Crippen molar-refractivity contribution < 1.29 is 9.53 Å². The molecule has 3 rings (SSSR count). The number of nitrogens with zero attached hydrogens (tertiary/aromatic N) is 2. The van der Waals surface area contributed by atoms with Gasteiger partial charge in [-0.1, -0.05) is 0 Å². The Bertz CT molecular complexity index is 859. The van der Waals surface area contributed by atoms with Gasteiger partial charge < -0.3 is 14.6 Å². The fourth-order valence-corrected chi connectivity index (χ4v) is 4.45. The third-order valence-electron chi connectivity index (χ3n) is 4.28. The van der Waals surface area contributed by atoms with Gasteiger partial charge in [-0.05, 0) is 50.6 Å². The fraction of sp³-hybridized carbons (Fsp3) is 0.533. The number of carbonyl (C=O) groups is 1. The van der Waals surface area contributed by atoms with Crippen LogP contribution in [0.1, 0.15) is 28.1 Å². The monoisotopic (exact) mass is 353 g/mol. The molecule has 1 aliphatic heterocycles. The normalized spacial score (nSPS) is 15.4. The Morgan fingerprint density at radius 2 is 2.04 bits per heavy atom. The summed E-state index contributed by atoms with van der Waals surface area (Å²) in [5.41, 5.74) is 0.523. The second-order valence-electron chi connectivity index (χ2n) is 5.69. The minimum atomic E-state index is -0.425. The van der Waals surface area contributed by atoms with Crippen molar-refractivity contribution in [1.29, 1.82) is 0 Å². The Hall–Kier alpha value is -1.51. The molecule has 1 aliphatic rings. The SMILES string of the molecule is COC(=O)c1sc2[nH]c(=S)n(CCN3CCCC3)c(=O)c2c1C. The Kier molecular flexibility index (Phi) is 4.65. The summed E-state index contributed by atoms with van der Waals surface area (Å²) in [5, 5.41) is 0.533. The van der Waals surface area contributed by atoms with Crippen LogP contribution in [0, 0.1) is 11.7 Å². The number of methoxy groups -OCH3 is 1. The second kappa shape index (κ2) is 6.54. The van der Waals surface area contributed by atoms with Crippen LogP contribution in [0.5, 0.6) is 0 Å². The number of aryl methyl sites for hydroxylation is 1. The van der Waals surface area contributed by atoms with Crippen molar-refractivity contribution >= 4 is 39.7 Å². The predicted octanol–water partition coefficient (Wildman–Crippen LogP) is 2.31. The summed E-state index contributed by atoms with van der Waals surface area (Å²) in [7, 11) is 1.34. The molecule has 0 bridgehead atoms. The number of rotatable bonds is 4. The minimum absolute atomic E-state index is 0.133. The number of H-pyrrole nitrogens is 1. The maximum Gasteiger partial charge on any atom is 0.348 e. The Balaban J connectivity index is 2.02. The van der Waals surface area contributed by atoms with E-state index >= 15 is 0 Å². The van der Waals surface area contributed by atoms with Crippen LogP contribution in [-0.2, 0) is 11.3 Å². The zero-order valence-electron chi connectivity index (χ0n) is 13.2. The number of nitrogens with one attached hydrogen (secondary N) is 1. The lowest BCUT2D eigenvalue weighted by atomic mass is 10.2. The van der Waals surface area contributed by atoms with Crippen LogP contribution >= 0.6 is 23.6 Å². The summed E-state index contributed by atoms with van der Waals surface area (Å²) >= 11 is 6.55. The van der Waals surface area contributed by atoms with Gasteiger partial charge in [0.05, 0.1) is 12.5 Å². The van der Waals surface area contributed by atoms with Gasteiger partial charge in [0, 0.05) is 13.1 Å². The van der Waals surface area contributed by atoms with Gasteiger partial charge in [0.25, 0.3) is 5.56 Å². The molecule has 0 amide bonds. The van der Waals surface area contributed by atoms with Crippen molar-refractivity contribution in [1.82, 2.24) is 14.5 Å². The van der Waals surface area contributed by atoms with Gasteiger partial charge >= 0.3 is 5.97 Å². The standard InChI is InChI=1S/C15H19N3O3S2/c1-9-10-12(23-11(9)14(20)21-2)16-15(22)18(13(10)19)8-7-17-5-3-4-6-17/h3-8H2,1-2H3,(H,16,22). The van der Waals surface area contributed by atoms with Gasteiger partial charge in [0.2, 0.25) is 0 Å². The van der Waals surface area contributed by atoms with Crippen LogP contribution in [0.4, 0.5) is 0 Å². The van der Waals surface area contributed by atoms with Crippen LogP contribution in [0.2, 0.25) is 0 Å². The third-order valence-corrected chi connectivity index (χ3v) is 5.79. The number of aromatic nitrogens is 2. The first-order chi connectivity index (χ1) is 11.0. The molecule has 1 saturated heterocycles. The number of hydrogen-bond donors (Lipinski definition) is 1. The molecule has 0 radical (unpaired) electrons. The van der Waals surface area contributed by atoms with Gasteiger partial charge in [0.15, 0.2) is 4.77 Å². The molecule has 0 aromatic carbocycles. The zero-order chi connectivity index (χ0) is 16.6. The van der Waals surface area contributed by atoms with E-state index in [9.17, 15) is 9.59 Å². The number of fused-ring (bicyclic) bond motifs is 1. The molecule has 2 aromatic rings. The zero-order valence-corrected chi connectivity index (χ0v) is 14.8. The van der Waals surface area contributed by atoms with E-state index in [0.717, 1.165) is 19.6 Å². The summed E-state index contributed by atoms with van der Waals surface area (Å²) in [4.78, 5) is 31.1. The van der Waals surface area contributed by atoms with Gasteiger partial charge in [-0.3, -0.25) is 9.36 Å². The summed E-state index contributed by atoms with van der Waals surface area (Å²) in [6.45, 7) is 5.31.